The van der Waals surface area contributed by atoms with Gasteiger partial charge in [0.05, 0.1) is 28.7 Å². The minimum absolute atomic E-state index is 0.0246. The highest BCUT2D eigenvalue weighted by Crippen LogP contribution is 2.34. The van der Waals surface area contributed by atoms with Crippen LogP contribution in [0.2, 0.25) is 0 Å². The van der Waals surface area contributed by atoms with Gasteiger partial charge in [-0.25, -0.2) is 0 Å². The van der Waals surface area contributed by atoms with Crippen molar-refractivity contribution in [3.8, 4) is 0 Å². The van der Waals surface area contributed by atoms with Gasteiger partial charge < -0.3 is 10.6 Å². The van der Waals surface area contributed by atoms with Crippen LogP contribution in [0.25, 0.3) is 0 Å². The van der Waals surface area contributed by atoms with Crippen LogP contribution in [0.15, 0.2) is 75.7 Å². The van der Waals surface area contributed by atoms with Crippen LogP contribution < -0.4 is 10.6 Å². The largest absolute Gasteiger partial charge is 0.416 e. The first-order chi connectivity index (χ1) is 17.7. The smallest absolute Gasteiger partial charge is 0.354 e. The van der Waals surface area contributed by atoms with Crippen molar-refractivity contribution in [2.24, 2.45) is 20.9 Å². The number of anilines is 2. The minimum Gasteiger partial charge on any atom is -0.354 e. The molecule has 1 saturated carbocycles. The van der Waals surface area contributed by atoms with Gasteiger partial charge in [0.1, 0.15) is 0 Å². The topological polar surface area (TPSA) is 61.1 Å². The maximum absolute atomic E-state index is 12.9. The third-order valence-corrected chi connectivity index (χ3v) is 6.52. The second-order valence-electron chi connectivity index (χ2n) is 9.94. The van der Waals surface area contributed by atoms with E-state index < -0.39 is 11.7 Å². The van der Waals surface area contributed by atoms with E-state index in [2.05, 4.69) is 42.5 Å². The first kappa shape index (κ1) is 26.8. The Morgan fingerprint density at radius 2 is 1.81 bits per heavy atom. The van der Waals surface area contributed by atoms with Crippen molar-refractivity contribution >= 4 is 34.7 Å². The zero-order chi connectivity index (χ0) is 26.4. The van der Waals surface area contributed by atoms with Gasteiger partial charge in [-0.3, -0.25) is 15.0 Å². The van der Waals surface area contributed by atoms with Crippen LogP contribution in [0.1, 0.15) is 45.6 Å². The number of alkyl halides is 3. The van der Waals surface area contributed by atoms with E-state index in [1.165, 1.54) is 12.1 Å². The van der Waals surface area contributed by atoms with Crippen LogP contribution >= 0.6 is 0 Å². The Labute approximate surface area is 216 Å². The average molecular weight is 510 g/mol. The van der Waals surface area contributed by atoms with Gasteiger partial charge >= 0.3 is 6.18 Å². The lowest BCUT2D eigenvalue weighted by atomic mass is 9.81. The molecule has 3 unspecified atom stereocenters. The van der Waals surface area contributed by atoms with Crippen molar-refractivity contribution in [1.82, 2.24) is 5.32 Å². The Hall–Kier alpha value is -3.26. The first-order valence-electron chi connectivity index (χ1n) is 12.8. The fourth-order valence-corrected chi connectivity index (χ4v) is 4.68. The molecule has 0 amide bonds. The van der Waals surface area contributed by atoms with E-state index in [1.54, 1.807) is 0 Å². The zero-order valence-electron chi connectivity index (χ0n) is 21.5. The van der Waals surface area contributed by atoms with Crippen molar-refractivity contribution in [1.29, 1.82) is 0 Å². The molecule has 3 atom stereocenters. The van der Waals surface area contributed by atoms with E-state index in [0.717, 1.165) is 54.3 Å². The summed E-state index contributed by atoms with van der Waals surface area (Å²) in [6, 6.07) is 13.2. The summed E-state index contributed by atoms with van der Waals surface area (Å²) in [6.07, 6.45) is 4.19. The number of allylic oxidation sites excluding steroid dienone is 1. The van der Waals surface area contributed by atoms with E-state index in [9.17, 15) is 13.2 Å². The number of rotatable bonds is 6. The van der Waals surface area contributed by atoms with Gasteiger partial charge in [0, 0.05) is 42.7 Å². The summed E-state index contributed by atoms with van der Waals surface area (Å²) in [7, 11) is 0. The van der Waals surface area contributed by atoms with Gasteiger partial charge in [0.25, 0.3) is 0 Å². The molecule has 1 fully saturated rings. The summed E-state index contributed by atoms with van der Waals surface area (Å²) in [6.45, 7) is 7.26. The highest BCUT2D eigenvalue weighted by molar-refractivity contribution is 6.36. The Bertz CT molecular complexity index is 1160. The molecule has 0 saturated heterocycles. The van der Waals surface area contributed by atoms with Gasteiger partial charge in [-0.05, 0) is 61.2 Å². The van der Waals surface area contributed by atoms with Crippen LogP contribution in [0.4, 0.5) is 30.2 Å². The number of hydrogen-bond acceptors (Lipinski definition) is 5. The van der Waals surface area contributed by atoms with Crippen molar-refractivity contribution in [2.75, 3.05) is 11.9 Å². The molecule has 1 aliphatic heterocycles. The third-order valence-electron chi connectivity index (χ3n) is 6.52. The second-order valence-corrected chi connectivity index (χ2v) is 9.94. The molecule has 37 heavy (non-hydrogen) atoms. The molecule has 196 valence electrons. The molecular formula is C29H34F3N5. The predicted octanol–water partition coefficient (Wildman–Crippen LogP) is 7.16. The quantitative estimate of drug-likeness (QED) is 0.434. The molecule has 2 aliphatic rings. The van der Waals surface area contributed by atoms with Gasteiger partial charge in [-0.2, -0.15) is 13.2 Å². The Kier molecular flexibility index (Phi) is 8.59. The molecule has 0 spiro atoms. The highest BCUT2D eigenvalue weighted by atomic mass is 19.4. The predicted molar refractivity (Wildman–Crippen MR) is 147 cm³/mol. The molecule has 2 aromatic carbocycles. The van der Waals surface area contributed by atoms with E-state index in [4.69, 9.17) is 9.98 Å². The lowest BCUT2D eigenvalue weighted by molar-refractivity contribution is -0.137. The lowest BCUT2D eigenvalue weighted by Crippen LogP contribution is -2.49. The van der Waals surface area contributed by atoms with E-state index >= 15 is 0 Å². The molecule has 2 aromatic rings. The molecule has 0 bridgehead atoms. The number of nitrogens with zero attached hydrogens (tertiary/aromatic N) is 3. The number of halogens is 3. The number of para-hydroxylation sites is 2. The minimum atomic E-state index is -4.36. The zero-order valence-corrected chi connectivity index (χ0v) is 21.5. The molecule has 5 nitrogen and oxygen atoms in total. The van der Waals surface area contributed by atoms with E-state index in [1.807, 2.05) is 36.6 Å². The standard InChI is InChI=1S/C29H34F3N5/c1-19(2)34-27-16-20(3)26(17-28(27)36-23-8-6-7-15-33-18-23)37-25-10-5-4-9-24(25)35-22-13-11-21(12-14-22)29(30,31)32/h4-6,8-14,18-20,27-28,34-35H,7,15-17H2,1-3H3. The van der Waals surface area contributed by atoms with Crippen LogP contribution in [-0.4, -0.2) is 42.3 Å². The summed E-state index contributed by atoms with van der Waals surface area (Å²) in [5, 5.41) is 6.92. The molecular weight excluding hydrogens is 475 g/mol. The van der Waals surface area contributed by atoms with Gasteiger partial charge in [-0.1, -0.05) is 39.0 Å². The average Bonchev–Trinajstić information content (AvgIpc) is 3.11. The normalized spacial score (nSPS) is 24.6. The summed E-state index contributed by atoms with van der Waals surface area (Å²) in [5.74, 6) is 0.255. The fraction of sp³-hybridized carbons (Fsp3) is 0.414. The third kappa shape index (κ3) is 7.38. The Morgan fingerprint density at radius 1 is 1.05 bits per heavy atom. The van der Waals surface area contributed by atoms with Crippen molar-refractivity contribution in [2.45, 2.75) is 64.3 Å². The lowest BCUT2D eigenvalue weighted by Gasteiger charge is -2.36. The van der Waals surface area contributed by atoms with Crippen LogP contribution in [0.3, 0.4) is 0 Å². The van der Waals surface area contributed by atoms with Gasteiger partial charge in [-0.15, -0.1) is 0 Å². The van der Waals surface area contributed by atoms with Crippen LogP contribution in [0.5, 0.6) is 0 Å². The maximum Gasteiger partial charge on any atom is 0.416 e. The van der Waals surface area contributed by atoms with Crippen molar-refractivity contribution in [3.05, 3.63) is 66.2 Å². The van der Waals surface area contributed by atoms with E-state index in [0.29, 0.717) is 18.2 Å². The van der Waals surface area contributed by atoms with Gasteiger partial charge in [0.15, 0.2) is 0 Å². The molecule has 1 aliphatic carbocycles. The summed E-state index contributed by atoms with van der Waals surface area (Å²) < 4.78 is 38.8. The maximum atomic E-state index is 12.9. The number of aliphatic imine (C=N–C) groups is 3. The van der Waals surface area contributed by atoms with Gasteiger partial charge in [0.2, 0.25) is 0 Å². The monoisotopic (exact) mass is 509 g/mol. The number of nitrogens with one attached hydrogen (secondary N) is 2. The Morgan fingerprint density at radius 3 is 2.54 bits per heavy atom. The highest BCUT2D eigenvalue weighted by Gasteiger charge is 2.33. The Balaban J connectivity index is 1.60. The van der Waals surface area contributed by atoms with Crippen molar-refractivity contribution in [3.63, 3.8) is 0 Å². The number of benzene rings is 2. The first-order valence-corrected chi connectivity index (χ1v) is 12.8. The summed E-state index contributed by atoms with van der Waals surface area (Å²) >= 11 is 0. The number of hydrogen-bond donors (Lipinski definition) is 2. The van der Waals surface area contributed by atoms with Crippen LogP contribution in [0, 0.1) is 5.92 Å². The fourth-order valence-electron chi connectivity index (χ4n) is 4.68. The molecule has 0 radical (unpaired) electrons. The molecule has 1 heterocycles. The van der Waals surface area contributed by atoms with Crippen molar-refractivity contribution < 1.29 is 13.2 Å². The molecule has 8 heteroatoms. The molecule has 2 N–H and O–H groups in total. The second kappa shape index (κ2) is 11.9. The summed E-state index contributed by atoms with van der Waals surface area (Å²) in [4.78, 5) is 14.6. The van der Waals surface area contributed by atoms with Crippen LogP contribution in [-0.2, 0) is 6.18 Å². The SMILES string of the molecule is CC(C)NC1CC(C)C(=Nc2ccccc2Nc2ccc(C(F)(F)F)cc2)CC1N=C1C=CCCN=C1. The summed E-state index contributed by atoms with van der Waals surface area (Å²) in [5.41, 5.74) is 3.34. The van der Waals surface area contributed by atoms with E-state index in [-0.39, 0.29) is 18.0 Å². The molecule has 4 rings (SSSR count). The molecule has 0 aromatic heterocycles.